The van der Waals surface area contributed by atoms with Gasteiger partial charge in [-0.1, -0.05) is 0 Å². The van der Waals surface area contributed by atoms with Crippen molar-refractivity contribution in [3.63, 3.8) is 0 Å². The Balaban J connectivity index is 2.01. The summed E-state index contributed by atoms with van der Waals surface area (Å²) >= 11 is 0. The number of halogens is 4. The zero-order valence-electron chi connectivity index (χ0n) is 12.3. The fraction of sp³-hybridized carbons (Fsp3) is 0.429. The number of fused-ring (bicyclic) bond motifs is 1. The van der Waals surface area contributed by atoms with Crippen molar-refractivity contribution in [1.82, 2.24) is 19.3 Å². The quantitative estimate of drug-likeness (QED) is 0.628. The normalized spacial score (nSPS) is 17.6. The molecule has 1 aliphatic heterocycles. The van der Waals surface area contributed by atoms with Crippen LogP contribution in [0.5, 0.6) is 0 Å². The van der Waals surface area contributed by atoms with Gasteiger partial charge in [0.15, 0.2) is 11.5 Å². The molecular weight excluding hydrogens is 332 g/mol. The summed E-state index contributed by atoms with van der Waals surface area (Å²) in [6, 6.07) is 0.412. The molecule has 1 unspecified atom stereocenters. The number of hydrogen-bond acceptors (Lipinski definition) is 4. The second-order valence-electron chi connectivity index (χ2n) is 5.45. The zero-order chi connectivity index (χ0) is 17.5. The van der Waals surface area contributed by atoms with Gasteiger partial charge in [0.2, 0.25) is 0 Å². The lowest BCUT2D eigenvalue weighted by atomic mass is 10.1. The fourth-order valence-electron chi connectivity index (χ4n) is 2.76. The number of alkyl halides is 3. The molecule has 3 heterocycles. The Kier molecular flexibility index (Phi) is 3.98. The van der Waals surface area contributed by atoms with Crippen LogP contribution >= 0.6 is 0 Å². The smallest absolute Gasteiger partial charge is 0.301 e. The SMILES string of the molecule is O=CC1CCCc2nn(Cc3ccnc(C(F)(F)F)c3F)c(=O)n21. The Hall–Kier alpha value is -2.52. The van der Waals surface area contributed by atoms with Crippen molar-refractivity contribution in [2.45, 2.75) is 38.0 Å². The van der Waals surface area contributed by atoms with Crippen LogP contribution < -0.4 is 5.69 Å². The summed E-state index contributed by atoms with van der Waals surface area (Å²) < 4.78 is 54.2. The first-order valence-corrected chi connectivity index (χ1v) is 7.17. The lowest BCUT2D eigenvalue weighted by Crippen LogP contribution is -2.31. The maximum Gasteiger partial charge on any atom is 0.436 e. The average Bonchev–Trinajstić information content (AvgIpc) is 2.84. The molecule has 0 aromatic carbocycles. The second kappa shape index (κ2) is 5.84. The van der Waals surface area contributed by atoms with Gasteiger partial charge in [0.25, 0.3) is 0 Å². The van der Waals surface area contributed by atoms with Crippen LogP contribution in [-0.2, 0) is 23.9 Å². The Morgan fingerprint density at radius 3 is 2.79 bits per heavy atom. The summed E-state index contributed by atoms with van der Waals surface area (Å²) in [5.74, 6) is -1.16. The minimum absolute atomic E-state index is 0.350. The first-order valence-electron chi connectivity index (χ1n) is 7.17. The Morgan fingerprint density at radius 2 is 2.12 bits per heavy atom. The number of aryl methyl sites for hydroxylation is 1. The predicted molar refractivity (Wildman–Crippen MR) is 72.8 cm³/mol. The molecule has 1 atom stereocenters. The van der Waals surface area contributed by atoms with E-state index in [1.165, 1.54) is 4.57 Å². The molecule has 0 saturated carbocycles. The Morgan fingerprint density at radius 1 is 1.38 bits per heavy atom. The molecule has 10 heteroatoms. The molecule has 0 aliphatic carbocycles. The Bertz CT molecular complexity index is 840. The summed E-state index contributed by atoms with van der Waals surface area (Å²) in [5.41, 5.74) is -2.63. The van der Waals surface area contributed by atoms with Gasteiger partial charge >= 0.3 is 11.9 Å². The minimum Gasteiger partial charge on any atom is -0.301 e. The third-order valence-electron chi connectivity index (χ3n) is 3.89. The molecular formula is C14H12F4N4O2. The maximum absolute atomic E-state index is 14.0. The zero-order valence-corrected chi connectivity index (χ0v) is 12.3. The predicted octanol–water partition coefficient (Wildman–Crippen LogP) is 1.72. The van der Waals surface area contributed by atoms with E-state index >= 15 is 0 Å². The largest absolute Gasteiger partial charge is 0.436 e. The van der Waals surface area contributed by atoms with Crippen LogP contribution in [0.15, 0.2) is 17.1 Å². The van der Waals surface area contributed by atoms with Crippen molar-refractivity contribution < 1.29 is 22.4 Å². The molecule has 1 aliphatic rings. The number of nitrogens with zero attached hydrogens (tertiary/aromatic N) is 4. The highest BCUT2D eigenvalue weighted by atomic mass is 19.4. The highest BCUT2D eigenvalue weighted by Crippen LogP contribution is 2.30. The summed E-state index contributed by atoms with van der Waals surface area (Å²) in [7, 11) is 0. The number of rotatable bonds is 3. The van der Waals surface area contributed by atoms with Crippen LogP contribution in [0.1, 0.15) is 36.0 Å². The van der Waals surface area contributed by atoms with E-state index in [1.54, 1.807) is 0 Å². The van der Waals surface area contributed by atoms with Crippen LogP contribution in [0.25, 0.3) is 0 Å². The van der Waals surface area contributed by atoms with Crippen LogP contribution in [0, 0.1) is 5.82 Å². The summed E-state index contributed by atoms with van der Waals surface area (Å²) in [6.45, 7) is -0.470. The van der Waals surface area contributed by atoms with Crippen molar-refractivity contribution in [3.8, 4) is 0 Å². The van der Waals surface area contributed by atoms with E-state index in [0.717, 1.165) is 16.9 Å². The number of aldehydes is 1. The van der Waals surface area contributed by atoms with Crippen molar-refractivity contribution in [2.24, 2.45) is 0 Å². The number of hydrogen-bond donors (Lipinski definition) is 0. The number of carbonyl (C=O) groups is 1. The highest BCUT2D eigenvalue weighted by Gasteiger charge is 2.37. The first-order chi connectivity index (χ1) is 11.3. The molecule has 3 rings (SSSR count). The van der Waals surface area contributed by atoms with Gasteiger partial charge in [-0.25, -0.2) is 18.9 Å². The monoisotopic (exact) mass is 344 g/mol. The number of pyridine rings is 1. The molecule has 0 bridgehead atoms. The topological polar surface area (TPSA) is 69.8 Å². The lowest BCUT2D eigenvalue weighted by Gasteiger charge is -2.17. The summed E-state index contributed by atoms with van der Waals surface area (Å²) in [5, 5.41) is 4.02. The van der Waals surface area contributed by atoms with Crippen LogP contribution in [-0.4, -0.2) is 25.6 Å². The van der Waals surface area contributed by atoms with Gasteiger partial charge in [-0.2, -0.15) is 18.3 Å². The molecule has 0 radical (unpaired) electrons. The standard InChI is InChI=1S/C14H12F4N4O2/c15-11-8(4-5-19-12(11)14(16,17)18)6-21-13(24)22-9(7-23)2-1-3-10(22)20-21/h4-5,7,9H,1-3,6H2. The van der Waals surface area contributed by atoms with E-state index in [2.05, 4.69) is 10.1 Å². The summed E-state index contributed by atoms with van der Waals surface area (Å²) in [6.07, 6.45) is -1.84. The van der Waals surface area contributed by atoms with Crippen LogP contribution in [0.3, 0.4) is 0 Å². The Labute approximate surface area is 132 Å². The van der Waals surface area contributed by atoms with E-state index in [0.29, 0.717) is 31.4 Å². The highest BCUT2D eigenvalue weighted by molar-refractivity contribution is 5.56. The van der Waals surface area contributed by atoms with Gasteiger partial charge < -0.3 is 4.79 Å². The van der Waals surface area contributed by atoms with E-state index in [4.69, 9.17) is 0 Å². The molecule has 2 aromatic rings. The number of carbonyl (C=O) groups excluding carboxylic acids is 1. The van der Waals surface area contributed by atoms with Gasteiger partial charge in [-0.3, -0.25) is 4.57 Å². The van der Waals surface area contributed by atoms with Crippen LogP contribution in [0.2, 0.25) is 0 Å². The molecule has 24 heavy (non-hydrogen) atoms. The molecule has 0 N–H and O–H groups in total. The minimum atomic E-state index is -4.93. The third-order valence-corrected chi connectivity index (χ3v) is 3.89. The van der Waals surface area contributed by atoms with Crippen LogP contribution in [0.4, 0.5) is 17.6 Å². The van der Waals surface area contributed by atoms with Gasteiger partial charge in [-0.05, 0) is 18.9 Å². The van der Waals surface area contributed by atoms with E-state index in [1.807, 2.05) is 0 Å². The van der Waals surface area contributed by atoms with Gasteiger partial charge in [-0.15, -0.1) is 0 Å². The van der Waals surface area contributed by atoms with E-state index < -0.39 is 36.0 Å². The van der Waals surface area contributed by atoms with Gasteiger partial charge in [0, 0.05) is 18.2 Å². The molecule has 128 valence electrons. The second-order valence-corrected chi connectivity index (χ2v) is 5.45. The third kappa shape index (κ3) is 2.72. The lowest BCUT2D eigenvalue weighted by molar-refractivity contribution is -0.143. The van der Waals surface area contributed by atoms with Gasteiger partial charge in [0.1, 0.15) is 12.1 Å². The average molecular weight is 344 g/mol. The van der Waals surface area contributed by atoms with Gasteiger partial charge in [0.05, 0.1) is 12.6 Å². The van der Waals surface area contributed by atoms with Crippen molar-refractivity contribution in [1.29, 1.82) is 0 Å². The molecule has 0 fully saturated rings. The van der Waals surface area contributed by atoms with Crippen molar-refractivity contribution >= 4 is 6.29 Å². The molecule has 0 amide bonds. The van der Waals surface area contributed by atoms with Crippen molar-refractivity contribution in [2.75, 3.05) is 0 Å². The van der Waals surface area contributed by atoms with E-state index in [9.17, 15) is 27.2 Å². The fourth-order valence-corrected chi connectivity index (χ4v) is 2.76. The molecule has 0 spiro atoms. The molecule has 0 saturated heterocycles. The van der Waals surface area contributed by atoms with E-state index in [-0.39, 0.29) is 5.56 Å². The maximum atomic E-state index is 14.0. The first kappa shape index (κ1) is 16.3. The summed E-state index contributed by atoms with van der Waals surface area (Å²) in [4.78, 5) is 26.4. The number of aromatic nitrogens is 4. The van der Waals surface area contributed by atoms with Crippen molar-refractivity contribution in [3.05, 3.63) is 45.6 Å². The molecule has 2 aromatic heterocycles. The molecule has 6 nitrogen and oxygen atoms in total.